The van der Waals surface area contributed by atoms with E-state index in [0.29, 0.717) is 12.1 Å². The minimum absolute atomic E-state index is 0.171. The van der Waals surface area contributed by atoms with E-state index < -0.39 is 11.9 Å². The number of rotatable bonds is 7. The van der Waals surface area contributed by atoms with Gasteiger partial charge in [-0.3, -0.25) is 14.4 Å². The lowest BCUT2D eigenvalue weighted by Gasteiger charge is -2.14. The zero-order chi connectivity index (χ0) is 16.5. The van der Waals surface area contributed by atoms with Crippen LogP contribution in [-0.2, 0) is 9.59 Å². The Morgan fingerprint density at radius 1 is 1.18 bits per heavy atom. The van der Waals surface area contributed by atoms with Gasteiger partial charge in [0.05, 0.1) is 12.1 Å². The van der Waals surface area contributed by atoms with Gasteiger partial charge in [0.2, 0.25) is 11.8 Å². The Bertz CT molecular complexity index is 549. The number of benzene rings is 1. The number of carbonyl (C=O) groups is 3. The van der Waals surface area contributed by atoms with Gasteiger partial charge < -0.3 is 16.0 Å². The second kappa shape index (κ2) is 9.39. The highest BCUT2D eigenvalue weighted by Gasteiger charge is 2.16. The van der Waals surface area contributed by atoms with E-state index in [1.807, 2.05) is 19.1 Å². The van der Waals surface area contributed by atoms with E-state index >= 15 is 0 Å². The van der Waals surface area contributed by atoms with Gasteiger partial charge in [0.1, 0.15) is 6.04 Å². The molecule has 0 aliphatic carbocycles. The average molecular weight is 417 g/mol. The van der Waals surface area contributed by atoms with Gasteiger partial charge in [-0.25, -0.2) is 0 Å². The van der Waals surface area contributed by atoms with Gasteiger partial charge in [0, 0.05) is 10.1 Å². The number of hydrogen-bond acceptors (Lipinski definition) is 3. The van der Waals surface area contributed by atoms with Crippen LogP contribution in [-0.4, -0.2) is 36.9 Å². The molecule has 0 saturated carbocycles. The molecule has 1 rings (SSSR count). The Labute approximate surface area is 143 Å². The van der Waals surface area contributed by atoms with Gasteiger partial charge in [-0.05, 0) is 48.1 Å². The van der Waals surface area contributed by atoms with Crippen LogP contribution >= 0.6 is 22.6 Å². The summed E-state index contributed by atoms with van der Waals surface area (Å²) in [7, 11) is 0. The van der Waals surface area contributed by atoms with Gasteiger partial charge in [0.15, 0.2) is 0 Å². The zero-order valence-corrected chi connectivity index (χ0v) is 14.8. The highest BCUT2D eigenvalue weighted by Crippen LogP contribution is 2.10. The molecule has 7 heteroatoms. The van der Waals surface area contributed by atoms with Crippen LogP contribution in [0.4, 0.5) is 0 Å². The molecule has 0 aliphatic rings. The highest BCUT2D eigenvalue weighted by molar-refractivity contribution is 14.1. The molecular weight excluding hydrogens is 397 g/mol. The first kappa shape index (κ1) is 18.4. The van der Waals surface area contributed by atoms with Crippen molar-refractivity contribution in [3.05, 3.63) is 33.4 Å². The molecule has 0 spiro atoms. The van der Waals surface area contributed by atoms with Crippen molar-refractivity contribution in [3.63, 3.8) is 0 Å². The lowest BCUT2D eigenvalue weighted by molar-refractivity contribution is -0.128. The number of nitrogens with one attached hydrogen (secondary N) is 3. The highest BCUT2D eigenvalue weighted by atomic mass is 127. The predicted octanol–water partition coefficient (Wildman–Crippen LogP) is 1.05. The second-order valence-corrected chi connectivity index (χ2v) is 5.90. The molecule has 1 aromatic rings. The summed E-state index contributed by atoms with van der Waals surface area (Å²) in [6, 6.07) is 6.47. The maximum absolute atomic E-state index is 12.0. The Balaban J connectivity index is 2.41. The van der Waals surface area contributed by atoms with E-state index in [0.717, 1.165) is 9.99 Å². The molecule has 0 radical (unpaired) electrons. The molecule has 0 fully saturated rings. The molecule has 1 atom stereocenters. The molecular formula is C15H20IN3O3. The summed E-state index contributed by atoms with van der Waals surface area (Å²) in [6.07, 6.45) is 0.832. The lowest BCUT2D eigenvalue weighted by atomic mass is 10.2. The minimum atomic E-state index is -0.632. The summed E-state index contributed by atoms with van der Waals surface area (Å²) in [5.41, 5.74) is 0.518. The molecule has 1 aromatic carbocycles. The van der Waals surface area contributed by atoms with Crippen molar-refractivity contribution >= 4 is 40.3 Å². The summed E-state index contributed by atoms with van der Waals surface area (Å²) >= 11 is 2.06. The van der Waals surface area contributed by atoms with Crippen molar-refractivity contribution in [1.82, 2.24) is 16.0 Å². The van der Waals surface area contributed by atoms with Crippen molar-refractivity contribution in [1.29, 1.82) is 0 Å². The Kier molecular flexibility index (Phi) is 7.86. The molecule has 0 bridgehead atoms. The molecule has 3 N–H and O–H groups in total. The first-order chi connectivity index (χ1) is 10.5. The largest absolute Gasteiger partial charge is 0.354 e. The Morgan fingerprint density at radius 2 is 1.86 bits per heavy atom. The van der Waals surface area contributed by atoms with E-state index in [1.54, 1.807) is 19.1 Å². The normalized spacial score (nSPS) is 11.4. The molecule has 22 heavy (non-hydrogen) atoms. The standard InChI is InChI=1S/C15H20IN3O3/c1-3-8-17-14(21)10(2)19-13(20)9-18-15(22)11-6-4-5-7-12(11)16/h4-7,10H,3,8-9H2,1-2H3,(H,17,21)(H,18,22)(H,19,20)/t10-/m0/s1. The number of halogens is 1. The molecule has 0 unspecified atom stereocenters. The predicted molar refractivity (Wildman–Crippen MR) is 92.4 cm³/mol. The minimum Gasteiger partial charge on any atom is -0.354 e. The summed E-state index contributed by atoms with van der Waals surface area (Å²) in [5.74, 6) is -0.958. The number of carbonyl (C=O) groups excluding carboxylic acids is 3. The fourth-order valence-corrected chi connectivity index (χ4v) is 2.29. The van der Waals surface area contributed by atoms with Crippen LogP contribution in [0.25, 0.3) is 0 Å². The van der Waals surface area contributed by atoms with Gasteiger partial charge >= 0.3 is 0 Å². The third kappa shape index (κ3) is 6.00. The lowest BCUT2D eigenvalue weighted by Crippen LogP contribution is -2.48. The third-order valence-corrected chi connectivity index (χ3v) is 3.79. The fraction of sp³-hybridized carbons (Fsp3) is 0.400. The Morgan fingerprint density at radius 3 is 2.50 bits per heavy atom. The topological polar surface area (TPSA) is 87.3 Å². The number of hydrogen-bond donors (Lipinski definition) is 3. The van der Waals surface area contributed by atoms with Crippen molar-refractivity contribution in [2.75, 3.05) is 13.1 Å². The fourth-order valence-electron chi connectivity index (χ4n) is 1.66. The van der Waals surface area contributed by atoms with Crippen LogP contribution in [0.15, 0.2) is 24.3 Å². The zero-order valence-electron chi connectivity index (χ0n) is 12.6. The van der Waals surface area contributed by atoms with Crippen LogP contribution in [0.2, 0.25) is 0 Å². The van der Waals surface area contributed by atoms with Crippen molar-refractivity contribution in [2.24, 2.45) is 0 Å². The van der Waals surface area contributed by atoms with Gasteiger partial charge in [-0.15, -0.1) is 0 Å². The van der Waals surface area contributed by atoms with E-state index in [4.69, 9.17) is 0 Å². The molecule has 0 aromatic heterocycles. The van der Waals surface area contributed by atoms with Crippen molar-refractivity contribution < 1.29 is 14.4 Å². The summed E-state index contributed by atoms with van der Waals surface area (Å²) in [5, 5.41) is 7.78. The summed E-state index contributed by atoms with van der Waals surface area (Å²) in [6.45, 7) is 3.95. The SMILES string of the molecule is CCCNC(=O)[C@H](C)NC(=O)CNC(=O)c1ccccc1I. The molecule has 120 valence electrons. The van der Waals surface area contributed by atoms with Crippen molar-refractivity contribution in [3.8, 4) is 0 Å². The van der Waals surface area contributed by atoms with Crippen LogP contribution in [0.3, 0.4) is 0 Å². The monoisotopic (exact) mass is 417 g/mol. The van der Waals surface area contributed by atoms with E-state index in [1.165, 1.54) is 0 Å². The smallest absolute Gasteiger partial charge is 0.252 e. The van der Waals surface area contributed by atoms with Crippen LogP contribution < -0.4 is 16.0 Å². The summed E-state index contributed by atoms with van der Waals surface area (Å²) < 4.78 is 0.810. The molecule has 6 nitrogen and oxygen atoms in total. The molecule has 0 saturated heterocycles. The average Bonchev–Trinajstić information content (AvgIpc) is 2.50. The van der Waals surface area contributed by atoms with E-state index in [-0.39, 0.29) is 18.4 Å². The third-order valence-electron chi connectivity index (χ3n) is 2.85. The first-order valence-corrected chi connectivity index (χ1v) is 8.13. The second-order valence-electron chi connectivity index (χ2n) is 4.74. The quantitative estimate of drug-likeness (QED) is 0.580. The van der Waals surface area contributed by atoms with Crippen LogP contribution in [0, 0.1) is 3.57 Å². The van der Waals surface area contributed by atoms with Crippen LogP contribution in [0.5, 0.6) is 0 Å². The van der Waals surface area contributed by atoms with E-state index in [2.05, 4.69) is 38.5 Å². The van der Waals surface area contributed by atoms with Crippen molar-refractivity contribution in [2.45, 2.75) is 26.3 Å². The molecule has 0 aliphatic heterocycles. The first-order valence-electron chi connectivity index (χ1n) is 7.05. The van der Waals surface area contributed by atoms with Crippen LogP contribution in [0.1, 0.15) is 30.6 Å². The van der Waals surface area contributed by atoms with E-state index in [9.17, 15) is 14.4 Å². The van der Waals surface area contributed by atoms with Gasteiger partial charge in [-0.2, -0.15) is 0 Å². The maximum Gasteiger partial charge on any atom is 0.252 e. The Hall–Kier alpha value is -1.64. The molecule has 3 amide bonds. The van der Waals surface area contributed by atoms with Gasteiger partial charge in [-0.1, -0.05) is 19.1 Å². The number of amides is 3. The van der Waals surface area contributed by atoms with Gasteiger partial charge in [0.25, 0.3) is 5.91 Å². The maximum atomic E-state index is 12.0. The molecule has 0 heterocycles. The summed E-state index contributed by atoms with van der Waals surface area (Å²) in [4.78, 5) is 35.3.